The number of halogens is 1. The van der Waals surface area contributed by atoms with Crippen molar-refractivity contribution in [2.24, 2.45) is 0 Å². The van der Waals surface area contributed by atoms with Gasteiger partial charge in [-0.05, 0) is 45.7 Å². The summed E-state index contributed by atoms with van der Waals surface area (Å²) >= 11 is 5.95. The maximum Gasteiger partial charge on any atom is 0.410 e. The Morgan fingerprint density at radius 2 is 1.93 bits per heavy atom. The first-order valence-electron chi connectivity index (χ1n) is 9.34. The van der Waals surface area contributed by atoms with Gasteiger partial charge in [0, 0.05) is 36.8 Å². The van der Waals surface area contributed by atoms with Gasteiger partial charge in [-0.1, -0.05) is 11.6 Å². The zero-order valence-electron chi connectivity index (χ0n) is 16.9. The minimum atomic E-state index is -3.58. The average Bonchev–Trinajstić information content (AvgIpc) is 2.59. The van der Waals surface area contributed by atoms with Crippen molar-refractivity contribution in [1.29, 1.82) is 0 Å². The van der Waals surface area contributed by atoms with Crippen LogP contribution in [0.4, 0.5) is 10.6 Å². The van der Waals surface area contributed by atoms with Crippen molar-refractivity contribution in [3.63, 3.8) is 0 Å². The Kier molecular flexibility index (Phi) is 5.91. The molecule has 0 bridgehead atoms. The molecule has 0 saturated carbocycles. The van der Waals surface area contributed by atoms with Crippen LogP contribution in [0.1, 0.15) is 33.6 Å². The van der Waals surface area contributed by atoms with Crippen LogP contribution in [-0.2, 0) is 14.8 Å². The third kappa shape index (κ3) is 5.27. The molecule has 1 amide bonds. The Labute approximate surface area is 175 Å². The molecule has 1 aliphatic heterocycles. The molecule has 1 fully saturated rings. The molecule has 3 heterocycles. The highest BCUT2D eigenvalue weighted by Gasteiger charge is 2.34. The summed E-state index contributed by atoms with van der Waals surface area (Å²) in [5, 5.41) is 1.06. The zero-order chi connectivity index (χ0) is 21.4. The molecule has 0 radical (unpaired) electrons. The maximum absolute atomic E-state index is 12.6. The lowest BCUT2D eigenvalue weighted by molar-refractivity contribution is 0.0208. The topological polar surface area (TPSA) is 92.7 Å². The van der Waals surface area contributed by atoms with Gasteiger partial charge in [0.15, 0.2) is 0 Å². The van der Waals surface area contributed by atoms with Crippen LogP contribution in [0.15, 0.2) is 24.4 Å². The normalized spacial score (nSPS) is 16.1. The van der Waals surface area contributed by atoms with E-state index in [9.17, 15) is 13.2 Å². The van der Waals surface area contributed by atoms with Crippen LogP contribution in [0.3, 0.4) is 0 Å². The number of carbonyl (C=O) groups is 1. The Bertz CT molecular complexity index is 1010. The number of pyridine rings is 2. The molecule has 1 aliphatic rings. The number of amides is 1. The predicted octanol–water partition coefficient (Wildman–Crippen LogP) is 3.45. The van der Waals surface area contributed by atoms with E-state index in [0.29, 0.717) is 42.4 Å². The lowest BCUT2D eigenvalue weighted by Gasteiger charge is -2.38. The monoisotopic (exact) mass is 440 g/mol. The number of sulfonamides is 1. The van der Waals surface area contributed by atoms with Gasteiger partial charge in [-0.3, -0.25) is 4.31 Å². The quantitative estimate of drug-likeness (QED) is 0.678. The molecule has 0 aromatic carbocycles. The van der Waals surface area contributed by atoms with Crippen molar-refractivity contribution in [2.75, 3.05) is 23.7 Å². The number of hydrogen-bond donors (Lipinski definition) is 0. The fraction of sp³-hybridized carbons (Fsp3) is 0.526. The van der Waals surface area contributed by atoms with Gasteiger partial charge >= 0.3 is 6.09 Å². The molecule has 1 saturated heterocycles. The van der Waals surface area contributed by atoms with Crippen LogP contribution in [0.5, 0.6) is 0 Å². The standard InChI is InChI=1S/C19H25ClN4O4S/c1-19(2,3)28-18(25)23-9-7-14(8-10-23)24(29(4,26)27)17-6-5-13-12-21-16(20)11-15(13)22-17/h5-6,11-12,14H,7-10H2,1-4H3. The highest BCUT2D eigenvalue weighted by atomic mass is 35.5. The maximum atomic E-state index is 12.6. The van der Waals surface area contributed by atoms with Crippen LogP contribution < -0.4 is 4.31 Å². The minimum absolute atomic E-state index is 0.290. The van der Waals surface area contributed by atoms with Crippen molar-refractivity contribution in [1.82, 2.24) is 14.9 Å². The summed E-state index contributed by atoms with van der Waals surface area (Å²) in [6.07, 6.45) is 3.36. The third-order valence-electron chi connectivity index (χ3n) is 4.56. The number of rotatable bonds is 3. The number of likely N-dealkylation sites (tertiary alicyclic amines) is 1. The number of ether oxygens (including phenoxy) is 1. The largest absolute Gasteiger partial charge is 0.444 e. The second-order valence-corrected chi connectivity index (χ2v) is 10.4. The Hall–Kier alpha value is -2.13. The van der Waals surface area contributed by atoms with Crippen LogP contribution in [0, 0.1) is 0 Å². The summed E-state index contributed by atoms with van der Waals surface area (Å²) in [6.45, 7) is 6.27. The summed E-state index contributed by atoms with van der Waals surface area (Å²) in [6, 6.07) is 4.74. The molecule has 158 valence electrons. The lowest BCUT2D eigenvalue weighted by Crippen LogP contribution is -2.49. The van der Waals surface area contributed by atoms with Gasteiger partial charge in [-0.15, -0.1) is 0 Å². The first-order valence-corrected chi connectivity index (χ1v) is 11.6. The number of aromatic nitrogens is 2. The molecule has 0 aliphatic carbocycles. The zero-order valence-corrected chi connectivity index (χ0v) is 18.5. The third-order valence-corrected chi connectivity index (χ3v) is 5.96. The fourth-order valence-corrected chi connectivity index (χ4v) is 4.69. The van der Waals surface area contributed by atoms with Gasteiger partial charge in [0.1, 0.15) is 16.6 Å². The highest BCUT2D eigenvalue weighted by Crippen LogP contribution is 2.28. The van der Waals surface area contributed by atoms with Crippen LogP contribution >= 0.6 is 11.6 Å². The van der Waals surface area contributed by atoms with Gasteiger partial charge in [-0.2, -0.15) is 0 Å². The second-order valence-electron chi connectivity index (χ2n) is 8.13. The Morgan fingerprint density at radius 1 is 1.28 bits per heavy atom. The number of piperidine rings is 1. The van der Waals surface area contributed by atoms with E-state index in [4.69, 9.17) is 16.3 Å². The molecule has 8 nitrogen and oxygen atoms in total. The van der Waals surface area contributed by atoms with Gasteiger partial charge in [0.2, 0.25) is 10.0 Å². The molecule has 10 heteroatoms. The second kappa shape index (κ2) is 7.95. The van der Waals surface area contributed by atoms with E-state index in [1.807, 2.05) is 20.8 Å². The van der Waals surface area contributed by atoms with Crippen LogP contribution in [0.2, 0.25) is 5.15 Å². The molecular weight excluding hydrogens is 416 g/mol. The van der Waals surface area contributed by atoms with Gasteiger partial charge in [0.05, 0.1) is 11.8 Å². The van der Waals surface area contributed by atoms with E-state index < -0.39 is 15.6 Å². The summed E-state index contributed by atoms with van der Waals surface area (Å²) in [5.41, 5.74) is 0.0000554. The highest BCUT2D eigenvalue weighted by molar-refractivity contribution is 7.92. The molecule has 0 spiro atoms. The molecule has 0 atom stereocenters. The first-order chi connectivity index (χ1) is 13.4. The van der Waals surface area contributed by atoms with Crippen molar-refractivity contribution in [2.45, 2.75) is 45.3 Å². The SMILES string of the molecule is CC(C)(C)OC(=O)N1CCC(N(c2ccc3cnc(Cl)cc3n2)S(C)(=O)=O)CC1. The minimum Gasteiger partial charge on any atom is -0.444 e. The molecule has 2 aromatic rings. The molecule has 2 aromatic heterocycles. The van der Waals surface area contributed by atoms with Crippen LogP contribution in [0.25, 0.3) is 10.9 Å². The number of fused-ring (bicyclic) bond motifs is 1. The molecule has 3 rings (SSSR count). The Balaban J connectivity index is 1.82. The number of anilines is 1. The number of nitrogens with zero attached hydrogens (tertiary/aromatic N) is 4. The van der Waals surface area contributed by atoms with Gasteiger partial charge < -0.3 is 9.64 Å². The molecule has 0 unspecified atom stereocenters. The van der Waals surface area contributed by atoms with E-state index in [1.165, 1.54) is 10.6 Å². The molecular formula is C19H25ClN4O4S. The summed E-state index contributed by atoms with van der Waals surface area (Å²) in [7, 11) is -3.58. The van der Waals surface area contributed by atoms with E-state index in [1.54, 1.807) is 29.3 Å². The molecule has 29 heavy (non-hydrogen) atoms. The summed E-state index contributed by atoms with van der Waals surface area (Å²) in [4.78, 5) is 22.4. The average molecular weight is 441 g/mol. The van der Waals surface area contributed by atoms with E-state index in [-0.39, 0.29) is 12.1 Å². The van der Waals surface area contributed by atoms with E-state index >= 15 is 0 Å². The number of hydrogen-bond acceptors (Lipinski definition) is 6. The van der Waals surface area contributed by atoms with Crippen molar-refractivity contribution in [3.8, 4) is 0 Å². The smallest absolute Gasteiger partial charge is 0.410 e. The van der Waals surface area contributed by atoms with E-state index in [0.717, 1.165) is 5.39 Å². The van der Waals surface area contributed by atoms with Crippen molar-refractivity contribution >= 4 is 44.4 Å². The summed E-state index contributed by atoms with van der Waals surface area (Å²) < 4.78 is 31.9. The van der Waals surface area contributed by atoms with Gasteiger partial charge in [0.25, 0.3) is 0 Å². The van der Waals surface area contributed by atoms with Gasteiger partial charge in [-0.25, -0.2) is 23.2 Å². The summed E-state index contributed by atoms with van der Waals surface area (Å²) in [5.74, 6) is 0.331. The lowest BCUT2D eigenvalue weighted by atomic mass is 10.1. The number of carbonyl (C=O) groups excluding carboxylic acids is 1. The van der Waals surface area contributed by atoms with E-state index in [2.05, 4.69) is 9.97 Å². The predicted molar refractivity (Wildman–Crippen MR) is 113 cm³/mol. The van der Waals surface area contributed by atoms with Crippen molar-refractivity contribution < 1.29 is 17.9 Å². The van der Waals surface area contributed by atoms with Crippen LogP contribution in [-0.4, -0.2) is 60.4 Å². The first kappa shape index (κ1) is 21.6. The fourth-order valence-electron chi connectivity index (χ4n) is 3.34. The Morgan fingerprint density at radius 3 is 2.52 bits per heavy atom. The van der Waals surface area contributed by atoms with Crippen molar-refractivity contribution in [3.05, 3.63) is 29.5 Å². The molecule has 0 N–H and O–H groups in total.